The summed E-state index contributed by atoms with van der Waals surface area (Å²) in [6, 6.07) is 3.96. The van der Waals surface area contributed by atoms with Crippen molar-refractivity contribution in [2.24, 2.45) is 11.7 Å². The van der Waals surface area contributed by atoms with Gasteiger partial charge in [0.15, 0.2) is 0 Å². The van der Waals surface area contributed by atoms with Crippen LogP contribution >= 0.6 is 15.9 Å². The molecule has 0 aromatic heterocycles. The summed E-state index contributed by atoms with van der Waals surface area (Å²) < 4.78 is 38.3. The fourth-order valence-corrected chi connectivity index (χ4v) is 2.69. The molecule has 100 valence electrons. The number of rotatable bonds is 3. The molecule has 0 heterocycles. The maximum Gasteiger partial charge on any atom is 0.417 e. The van der Waals surface area contributed by atoms with Crippen LogP contribution in [-0.2, 0) is 6.18 Å². The molecule has 0 spiro atoms. The summed E-state index contributed by atoms with van der Waals surface area (Å²) in [5, 5.41) is 0. The van der Waals surface area contributed by atoms with Gasteiger partial charge < -0.3 is 5.73 Å². The van der Waals surface area contributed by atoms with E-state index in [-0.39, 0.29) is 10.5 Å². The van der Waals surface area contributed by atoms with Gasteiger partial charge in [-0.15, -0.1) is 0 Å². The molecule has 2 N–H and O–H groups in total. The lowest BCUT2D eigenvalue weighted by atomic mass is 9.80. The summed E-state index contributed by atoms with van der Waals surface area (Å²) in [4.78, 5) is 0. The number of halogens is 4. The molecule has 2 rings (SSSR count). The lowest BCUT2D eigenvalue weighted by Crippen LogP contribution is -2.20. The van der Waals surface area contributed by atoms with Gasteiger partial charge in [-0.25, -0.2) is 0 Å². The van der Waals surface area contributed by atoms with Gasteiger partial charge in [0.1, 0.15) is 0 Å². The zero-order valence-corrected chi connectivity index (χ0v) is 11.4. The van der Waals surface area contributed by atoms with Gasteiger partial charge in [0, 0.05) is 10.5 Å². The zero-order chi connectivity index (χ0) is 13.3. The third kappa shape index (κ3) is 3.06. The van der Waals surface area contributed by atoms with Gasteiger partial charge in [0.2, 0.25) is 0 Å². The maximum atomic E-state index is 12.8. The first-order valence-electron chi connectivity index (χ1n) is 6.00. The van der Waals surface area contributed by atoms with Gasteiger partial charge in [0.25, 0.3) is 0 Å². The van der Waals surface area contributed by atoms with Crippen molar-refractivity contribution in [2.45, 2.75) is 37.9 Å². The Labute approximate surface area is 113 Å². The molecule has 1 fully saturated rings. The summed E-state index contributed by atoms with van der Waals surface area (Å²) in [5.41, 5.74) is 5.90. The lowest BCUT2D eigenvalue weighted by molar-refractivity contribution is -0.138. The van der Waals surface area contributed by atoms with E-state index in [4.69, 9.17) is 5.73 Å². The summed E-state index contributed by atoms with van der Waals surface area (Å²) in [5.74, 6) is 0.581. The largest absolute Gasteiger partial charge is 0.417 e. The van der Waals surface area contributed by atoms with Crippen molar-refractivity contribution >= 4 is 15.9 Å². The smallest absolute Gasteiger partial charge is 0.324 e. The molecule has 1 unspecified atom stereocenters. The Morgan fingerprint density at radius 2 is 2.00 bits per heavy atom. The van der Waals surface area contributed by atoms with Crippen LogP contribution in [0.2, 0.25) is 0 Å². The molecule has 0 amide bonds. The molecule has 0 saturated heterocycles. The predicted octanol–water partition coefficient (Wildman–Crippen LogP) is 4.66. The van der Waals surface area contributed by atoms with Crippen LogP contribution in [-0.4, -0.2) is 0 Å². The highest BCUT2D eigenvalue weighted by Gasteiger charge is 2.33. The monoisotopic (exact) mass is 321 g/mol. The molecule has 1 nitrogen and oxygen atoms in total. The fourth-order valence-electron chi connectivity index (χ4n) is 2.21. The first kappa shape index (κ1) is 13.9. The van der Waals surface area contributed by atoms with E-state index in [1.807, 2.05) is 0 Å². The third-order valence-corrected chi connectivity index (χ3v) is 4.23. The van der Waals surface area contributed by atoms with Crippen molar-refractivity contribution in [1.29, 1.82) is 0 Å². The van der Waals surface area contributed by atoms with Gasteiger partial charge in [-0.3, -0.25) is 0 Å². The highest BCUT2D eigenvalue weighted by Crippen LogP contribution is 2.38. The molecule has 1 aliphatic carbocycles. The Balaban J connectivity index is 2.17. The molecule has 0 bridgehead atoms. The summed E-state index contributed by atoms with van der Waals surface area (Å²) in [6.45, 7) is 0. The van der Waals surface area contributed by atoms with Crippen molar-refractivity contribution in [3.63, 3.8) is 0 Å². The highest BCUT2D eigenvalue weighted by atomic mass is 79.9. The standard InChI is InChI=1S/C13H15BrF3N/c14-11-5-4-9(7-10(11)13(15,16)17)12(18)6-8-2-1-3-8/h4-5,7-8,12H,1-3,6,18H2. The van der Waals surface area contributed by atoms with Gasteiger partial charge in [-0.2, -0.15) is 13.2 Å². The number of alkyl halides is 3. The zero-order valence-electron chi connectivity index (χ0n) is 9.80. The average Bonchev–Trinajstić information content (AvgIpc) is 2.22. The van der Waals surface area contributed by atoms with Crippen molar-refractivity contribution in [2.75, 3.05) is 0 Å². The van der Waals surface area contributed by atoms with Crippen molar-refractivity contribution < 1.29 is 13.2 Å². The fraction of sp³-hybridized carbons (Fsp3) is 0.538. The van der Waals surface area contributed by atoms with E-state index in [0.29, 0.717) is 11.5 Å². The van der Waals surface area contributed by atoms with Crippen LogP contribution in [0.1, 0.15) is 42.9 Å². The normalized spacial score (nSPS) is 18.5. The van der Waals surface area contributed by atoms with Crippen molar-refractivity contribution in [1.82, 2.24) is 0 Å². The Morgan fingerprint density at radius 3 is 2.50 bits per heavy atom. The van der Waals surface area contributed by atoms with Crippen LogP contribution in [0.4, 0.5) is 13.2 Å². The van der Waals surface area contributed by atoms with E-state index in [0.717, 1.165) is 25.3 Å². The topological polar surface area (TPSA) is 26.0 Å². The van der Waals surface area contributed by atoms with E-state index >= 15 is 0 Å². The van der Waals surface area contributed by atoms with Crippen molar-refractivity contribution in [3.8, 4) is 0 Å². The Hall–Kier alpha value is -0.550. The van der Waals surface area contributed by atoms with E-state index in [1.165, 1.54) is 12.5 Å². The summed E-state index contributed by atoms with van der Waals surface area (Å²) >= 11 is 2.93. The predicted molar refractivity (Wildman–Crippen MR) is 68.0 cm³/mol. The van der Waals surface area contributed by atoms with Crippen LogP contribution in [0.5, 0.6) is 0 Å². The summed E-state index contributed by atoms with van der Waals surface area (Å²) in [7, 11) is 0. The average molecular weight is 322 g/mol. The first-order valence-corrected chi connectivity index (χ1v) is 6.79. The SMILES string of the molecule is NC(CC1CCC1)c1ccc(Br)c(C(F)(F)F)c1. The molecule has 18 heavy (non-hydrogen) atoms. The van der Waals surface area contributed by atoms with E-state index in [2.05, 4.69) is 15.9 Å². The highest BCUT2D eigenvalue weighted by molar-refractivity contribution is 9.10. The first-order chi connectivity index (χ1) is 8.38. The van der Waals surface area contributed by atoms with Gasteiger partial charge in [-0.1, -0.05) is 41.3 Å². The van der Waals surface area contributed by atoms with E-state index < -0.39 is 11.7 Å². The number of hydrogen-bond donors (Lipinski definition) is 1. The van der Waals surface area contributed by atoms with E-state index in [9.17, 15) is 13.2 Å². The Morgan fingerprint density at radius 1 is 1.33 bits per heavy atom. The van der Waals surface area contributed by atoms with Crippen LogP contribution < -0.4 is 5.73 Å². The number of benzene rings is 1. The van der Waals surface area contributed by atoms with Gasteiger partial charge in [-0.05, 0) is 30.0 Å². The molecule has 1 aliphatic rings. The van der Waals surface area contributed by atoms with Crippen LogP contribution in [0.25, 0.3) is 0 Å². The molecule has 1 aromatic rings. The van der Waals surface area contributed by atoms with Crippen LogP contribution in [0.15, 0.2) is 22.7 Å². The van der Waals surface area contributed by atoms with Gasteiger partial charge >= 0.3 is 6.18 Å². The lowest BCUT2D eigenvalue weighted by Gasteiger charge is -2.28. The Bertz CT molecular complexity index is 427. The molecule has 0 aliphatic heterocycles. The quantitative estimate of drug-likeness (QED) is 0.861. The molecule has 1 saturated carbocycles. The minimum Gasteiger partial charge on any atom is -0.324 e. The van der Waals surface area contributed by atoms with Gasteiger partial charge in [0.05, 0.1) is 5.56 Å². The minimum atomic E-state index is -4.34. The molecular weight excluding hydrogens is 307 g/mol. The molecule has 1 atom stereocenters. The molecule has 1 aromatic carbocycles. The maximum absolute atomic E-state index is 12.8. The Kier molecular flexibility index (Phi) is 4.02. The second-order valence-corrected chi connectivity index (χ2v) is 5.73. The minimum absolute atomic E-state index is 0.0644. The van der Waals surface area contributed by atoms with Crippen LogP contribution in [0.3, 0.4) is 0 Å². The van der Waals surface area contributed by atoms with Crippen molar-refractivity contribution in [3.05, 3.63) is 33.8 Å². The number of nitrogens with two attached hydrogens (primary N) is 1. The third-order valence-electron chi connectivity index (χ3n) is 3.54. The summed E-state index contributed by atoms with van der Waals surface area (Å²) in [6.07, 6.45) is -0.0534. The number of hydrogen-bond acceptors (Lipinski definition) is 1. The molecule has 5 heteroatoms. The molecular formula is C13H15BrF3N. The van der Waals surface area contributed by atoms with E-state index in [1.54, 1.807) is 6.07 Å². The molecule has 0 radical (unpaired) electrons. The second kappa shape index (κ2) is 5.21. The van der Waals surface area contributed by atoms with Crippen LogP contribution in [0, 0.1) is 5.92 Å². The second-order valence-electron chi connectivity index (χ2n) is 4.88.